The summed E-state index contributed by atoms with van der Waals surface area (Å²) in [6, 6.07) is 14.2. The van der Waals surface area contributed by atoms with Gasteiger partial charge < -0.3 is 10.2 Å². The average molecular weight is 394 g/mol. The Labute approximate surface area is 171 Å². The van der Waals surface area contributed by atoms with Gasteiger partial charge >= 0.3 is 0 Å². The molecular formula is C23H27N3OS. The third-order valence-electron chi connectivity index (χ3n) is 5.36. The van der Waals surface area contributed by atoms with Crippen LogP contribution >= 0.6 is 11.8 Å². The fourth-order valence-corrected chi connectivity index (χ4v) is 4.67. The van der Waals surface area contributed by atoms with Crippen LogP contribution in [0.3, 0.4) is 0 Å². The molecule has 1 amide bonds. The van der Waals surface area contributed by atoms with Crippen LogP contribution < -0.4 is 10.2 Å². The minimum atomic E-state index is -0.0602. The highest BCUT2D eigenvalue weighted by Crippen LogP contribution is 2.21. The van der Waals surface area contributed by atoms with E-state index in [1.165, 1.54) is 17.1 Å². The molecule has 0 radical (unpaired) electrons. The van der Waals surface area contributed by atoms with Crippen LogP contribution in [0.4, 0.5) is 11.4 Å². The molecule has 2 aromatic rings. The maximum atomic E-state index is 12.7. The van der Waals surface area contributed by atoms with Gasteiger partial charge in [-0.15, -0.1) is 0 Å². The number of aryl methyl sites for hydroxylation is 1. The van der Waals surface area contributed by atoms with E-state index in [2.05, 4.69) is 46.3 Å². The van der Waals surface area contributed by atoms with E-state index in [-0.39, 0.29) is 5.91 Å². The Balaban J connectivity index is 1.38. The predicted octanol–water partition coefficient (Wildman–Crippen LogP) is 4.17. The van der Waals surface area contributed by atoms with Gasteiger partial charge in [0, 0.05) is 61.2 Å². The molecule has 0 unspecified atom stereocenters. The van der Waals surface area contributed by atoms with Crippen molar-refractivity contribution in [3.63, 3.8) is 0 Å². The predicted molar refractivity (Wildman–Crippen MR) is 120 cm³/mol. The number of rotatable bonds is 5. The molecule has 2 heterocycles. The first kappa shape index (κ1) is 19.1. The molecule has 1 saturated heterocycles. The Morgan fingerprint density at radius 2 is 1.75 bits per heavy atom. The summed E-state index contributed by atoms with van der Waals surface area (Å²) in [5.41, 5.74) is 5.14. The van der Waals surface area contributed by atoms with Crippen LogP contribution in [0.1, 0.15) is 21.5 Å². The molecule has 1 fully saturated rings. The molecule has 146 valence electrons. The summed E-state index contributed by atoms with van der Waals surface area (Å²) in [5.74, 6) is 2.38. The Morgan fingerprint density at radius 3 is 2.43 bits per heavy atom. The Hall–Kier alpha value is -2.24. The van der Waals surface area contributed by atoms with Gasteiger partial charge in [-0.3, -0.25) is 9.69 Å². The van der Waals surface area contributed by atoms with Gasteiger partial charge in [0.1, 0.15) is 0 Å². The number of hydrogen-bond acceptors (Lipinski definition) is 4. The second kappa shape index (κ2) is 8.84. The van der Waals surface area contributed by atoms with Crippen LogP contribution in [-0.4, -0.2) is 48.5 Å². The van der Waals surface area contributed by atoms with E-state index in [9.17, 15) is 4.79 Å². The van der Waals surface area contributed by atoms with Crippen LogP contribution in [0.15, 0.2) is 54.6 Å². The summed E-state index contributed by atoms with van der Waals surface area (Å²) in [4.78, 5) is 17.4. The molecule has 0 aromatic heterocycles. The lowest BCUT2D eigenvalue weighted by molar-refractivity contribution is 0.102. The first-order chi connectivity index (χ1) is 13.7. The third-order valence-corrected chi connectivity index (χ3v) is 6.30. The van der Waals surface area contributed by atoms with Crippen molar-refractivity contribution in [1.29, 1.82) is 0 Å². The lowest BCUT2D eigenvalue weighted by Gasteiger charge is -2.26. The number of thioether (sulfide) groups is 1. The lowest BCUT2D eigenvalue weighted by Crippen LogP contribution is -2.31. The minimum Gasteiger partial charge on any atom is -0.364 e. The molecule has 2 aliphatic rings. The van der Waals surface area contributed by atoms with E-state index in [1.807, 2.05) is 42.1 Å². The second-order valence-corrected chi connectivity index (χ2v) is 8.64. The van der Waals surface area contributed by atoms with Crippen molar-refractivity contribution in [2.24, 2.45) is 0 Å². The van der Waals surface area contributed by atoms with Crippen LogP contribution in [0, 0.1) is 6.92 Å². The van der Waals surface area contributed by atoms with Crippen molar-refractivity contribution in [2.45, 2.75) is 13.5 Å². The Kier molecular flexibility index (Phi) is 6.03. The van der Waals surface area contributed by atoms with E-state index >= 15 is 0 Å². The monoisotopic (exact) mass is 393 g/mol. The highest BCUT2D eigenvalue weighted by Gasteiger charge is 2.13. The maximum Gasteiger partial charge on any atom is 0.255 e. The van der Waals surface area contributed by atoms with Gasteiger partial charge in [-0.2, -0.15) is 11.8 Å². The van der Waals surface area contributed by atoms with E-state index < -0.39 is 0 Å². The smallest absolute Gasteiger partial charge is 0.255 e. The maximum absolute atomic E-state index is 12.7. The zero-order valence-electron chi connectivity index (χ0n) is 16.4. The van der Waals surface area contributed by atoms with Gasteiger partial charge in [-0.1, -0.05) is 24.3 Å². The van der Waals surface area contributed by atoms with Gasteiger partial charge in [0.25, 0.3) is 5.91 Å². The van der Waals surface area contributed by atoms with Crippen molar-refractivity contribution in [2.75, 3.05) is 47.9 Å². The zero-order valence-corrected chi connectivity index (χ0v) is 17.2. The van der Waals surface area contributed by atoms with Gasteiger partial charge in [0.05, 0.1) is 0 Å². The van der Waals surface area contributed by atoms with Gasteiger partial charge in [0.15, 0.2) is 0 Å². The summed E-state index contributed by atoms with van der Waals surface area (Å²) < 4.78 is 0. The molecule has 0 bridgehead atoms. The fraction of sp³-hybridized carbons (Fsp3) is 0.348. The molecule has 4 rings (SSSR count). The number of nitrogens with one attached hydrogen (secondary N) is 1. The van der Waals surface area contributed by atoms with Crippen molar-refractivity contribution >= 4 is 29.0 Å². The average Bonchev–Trinajstić information content (AvgIpc) is 3.26. The van der Waals surface area contributed by atoms with E-state index in [0.717, 1.165) is 49.7 Å². The number of hydrogen-bond donors (Lipinski definition) is 1. The molecule has 0 atom stereocenters. The number of carbonyl (C=O) groups is 1. The molecule has 0 saturated carbocycles. The van der Waals surface area contributed by atoms with Crippen LogP contribution in [0.5, 0.6) is 0 Å². The second-order valence-electron chi connectivity index (χ2n) is 7.42. The molecule has 2 aromatic carbocycles. The lowest BCUT2D eigenvalue weighted by atomic mass is 10.1. The number of carbonyl (C=O) groups excluding carboxylic acids is 1. The largest absolute Gasteiger partial charge is 0.364 e. The van der Waals surface area contributed by atoms with Crippen molar-refractivity contribution in [3.8, 4) is 0 Å². The summed E-state index contributed by atoms with van der Waals surface area (Å²) >= 11 is 2.03. The number of benzene rings is 2. The fourth-order valence-electron chi connectivity index (χ4n) is 3.69. The van der Waals surface area contributed by atoms with Crippen molar-refractivity contribution < 1.29 is 4.79 Å². The van der Waals surface area contributed by atoms with E-state index in [4.69, 9.17) is 0 Å². The molecule has 4 nitrogen and oxygen atoms in total. The molecule has 0 spiro atoms. The van der Waals surface area contributed by atoms with Gasteiger partial charge in [-0.05, 0) is 48.4 Å². The van der Waals surface area contributed by atoms with E-state index in [0.29, 0.717) is 5.56 Å². The van der Waals surface area contributed by atoms with E-state index in [1.54, 1.807) is 0 Å². The first-order valence-electron chi connectivity index (χ1n) is 9.90. The topological polar surface area (TPSA) is 35.6 Å². The minimum absolute atomic E-state index is 0.0602. The van der Waals surface area contributed by atoms with Gasteiger partial charge in [-0.25, -0.2) is 0 Å². The Bertz CT molecular complexity index is 849. The molecule has 28 heavy (non-hydrogen) atoms. The van der Waals surface area contributed by atoms with Crippen LogP contribution in [0.25, 0.3) is 0 Å². The number of anilines is 2. The molecule has 2 aliphatic heterocycles. The standard InChI is InChI=1S/C23H27N3OS/c1-18-16-19(17-25-12-14-28-15-13-25)4-9-22(18)24-23(27)20-5-7-21(8-6-20)26-10-2-3-11-26/h2-9,16H,10-15,17H2,1H3,(H,24,27). The summed E-state index contributed by atoms with van der Waals surface area (Å²) in [6.07, 6.45) is 4.33. The quantitative estimate of drug-likeness (QED) is 0.774. The zero-order chi connectivity index (χ0) is 19.3. The van der Waals surface area contributed by atoms with Crippen LogP contribution in [-0.2, 0) is 6.54 Å². The van der Waals surface area contributed by atoms with Crippen LogP contribution in [0.2, 0.25) is 0 Å². The van der Waals surface area contributed by atoms with Crippen molar-refractivity contribution in [1.82, 2.24) is 4.90 Å². The first-order valence-corrected chi connectivity index (χ1v) is 11.1. The Morgan fingerprint density at radius 1 is 1.04 bits per heavy atom. The SMILES string of the molecule is Cc1cc(CN2CCSCC2)ccc1NC(=O)c1ccc(N2CC=CC2)cc1. The molecule has 1 N–H and O–H groups in total. The highest BCUT2D eigenvalue weighted by atomic mass is 32.2. The number of amides is 1. The summed E-state index contributed by atoms with van der Waals surface area (Å²) in [7, 11) is 0. The summed E-state index contributed by atoms with van der Waals surface area (Å²) in [5, 5.41) is 3.06. The molecule has 5 heteroatoms. The number of nitrogens with zero attached hydrogens (tertiary/aromatic N) is 2. The molecular weight excluding hydrogens is 366 g/mol. The normalized spacial score (nSPS) is 17.1. The highest BCUT2D eigenvalue weighted by molar-refractivity contribution is 7.99. The summed E-state index contributed by atoms with van der Waals surface area (Å²) in [6.45, 7) is 7.25. The van der Waals surface area contributed by atoms with Crippen molar-refractivity contribution in [3.05, 3.63) is 71.3 Å². The molecule has 0 aliphatic carbocycles. The van der Waals surface area contributed by atoms with Gasteiger partial charge in [0.2, 0.25) is 0 Å². The third kappa shape index (κ3) is 4.59.